The van der Waals surface area contributed by atoms with Gasteiger partial charge in [0, 0.05) is 23.6 Å². The number of thioether (sulfide) groups is 1. The lowest BCUT2D eigenvalue weighted by Gasteiger charge is -2.49. The third kappa shape index (κ3) is 5.45. The zero-order chi connectivity index (χ0) is 25.0. The van der Waals surface area contributed by atoms with E-state index >= 15 is 0 Å². The molecule has 34 heavy (non-hydrogen) atoms. The van der Waals surface area contributed by atoms with E-state index in [1.54, 1.807) is 0 Å². The molecule has 0 spiro atoms. The summed E-state index contributed by atoms with van der Waals surface area (Å²) < 4.78 is 4.88. The molecule has 3 rings (SSSR count). The number of carboxylic acid groups (broad SMARTS) is 2. The lowest BCUT2D eigenvalue weighted by atomic mass is 10.0. The van der Waals surface area contributed by atoms with Crippen molar-refractivity contribution >= 4 is 63.7 Å². The number of nitrogens with two attached hydrogens (primary N) is 1. The van der Waals surface area contributed by atoms with E-state index < -0.39 is 41.1 Å². The molecule has 2 aliphatic rings. The zero-order valence-corrected chi connectivity index (χ0v) is 19.2. The van der Waals surface area contributed by atoms with Crippen LogP contribution < -0.4 is 11.1 Å². The van der Waals surface area contributed by atoms with E-state index in [1.165, 1.54) is 24.1 Å². The number of rotatable bonds is 10. The SMILES string of the molecule is CC(=O)OCC1=C(C(=O)O)N2C(=O)C(NC(=O)/C(=N\OCCC(=O)O)c3csc(N)n3)[C@@H]2SC1. The molecular weight excluding hydrogens is 494 g/mol. The van der Waals surface area contributed by atoms with Gasteiger partial charge >= 0.3 is 17.9 Å². The van der Waals surface area contributed by atoms with Crippen LogP contribution in [0.25, 0.3) is 0 Å². The van der Waals surface area contributed by atoms with Crippen LogP contribution in [0.3, 0.4) is 0 Å². The fourth-order valence-electron chi connectivity index (χ4n) is 3.04. The van der Waals surface area contributed by atoms with Crippen LogP contribution in [0.2, 0.25) is 0 Å². The van der Waals surface area contributed by atoms with Crippen molar-refractivity contribution in [1.29, 1.82) is 0 Å². The summed E-state index contributed by atoms with van der Waals surface area (Å²) in [6.45, 7) is 0.603. The number of carbonyl (C=O) groups is 5. The van der Waals surface area contributed by atoms with Crippen molar-refractivity contribution in [2.45, 2.75) is 24.8 Å². The number of carbonyl (C=O) groups excluding carboxylic acids is 3. The summed E-state index contributed by atoms with van der Waals surface area (Å²) in [4.78, 5) is 69.0. The molecule has 0 aromatic carbocycles. The number of carboxylic acids is 2. The van der Waals surface area contributed by atoms with Crippen LogP contribution in [0, 0.1) is 0 Å². The second-order valence-electron chi connectivity index (χ2n) is 6.89. The summed E-state index contributed by atoms with van der Waals surface area (Å²) in [5.41, 5.74) is 5.31. The van der Waals surface area contributed by atoms with E-state index in [4.69, 9.17) is 20.4 Å². The number of ether oxygens (including phenoxy) is 1. The van der Waals surface area contributed by atoms with Gasteiger partial charge in [0.25, 0.3) is 11.8 Å². The molecule has 14 nitrogen and oxygen atoms in total. The summed E-state index contributed by atoms with van der Waals surface area (Å²) in [6, 6.07) is -1.07. The topological polar surface area (TPSA) is 211 Å². The minimum atomic E-state index is -1.36. The number of nitrogen functional groups attached to an aromatic ring is 1. The molecule has 0 radical (unpaired) electrons. The van der Waals surface area contributed by atoms with Crippen molar-refractivity contribution in [2.75, 3.05) is 24.7 Å². The Kier molecular flexibility index (Phi) is 7.72. The number of aromatic nitrogens is 1. The Labute approximate surface area is 199 Å². The number of oxime groups is 1. The van der Waals surface area contributed by atoms with E-state index in [0.717, 1.165) is 16.2 Å². The second kappa shape index (κ2) is 10.5. The average molecular weight is 514 g/mol. The van der Waals surface area contributed by atoms with Gasteiger partial charge in [-0.2, -0.15) is 0 Å². The fourth-order valence-corrected chi connectivity index (χ4v) is 4.91. The van der Waals surface area contributed by atoms with Gasteiger partial charge < -0.3 is 30.8 Å². The van der Waals surface area contributed by atoms with E-state index in [9.17, 15) is 29.1 Å². The molecule has 2 atom stereocenters. The highest BCUT2D eigenvalue weighted by Crippen LogP contribution is 2.40. The second-order valence-corrected chi connectivity index (χ2v) is 8.88. The number of anilines is 1. The van der Waals surface area contributed by atoms with Crippen molar-refractivity contribution in [1.82, 2.24) is 15.2 Å². The lowest BCUT2D eigenvalue weighted by molar-refractivity contribution is -0.150. The quantitative estimate of drug-likeness (QED) is 0.0998. The van der Waals surface area contributed by atoms with Crippen molar-refractivity contribution in [3.8, 4) is 0 Å². The maximum Gasteiger partial charge on any atom is 0.352 e. The Morgan fingerprint density at radius 2 is 2.09 bits per heavy atom. The predicted octanol–water partition coefficient (Wildman–Crippen LogP) is -0.778. The first-order valence-electron chi connectivity index (χ1n) is 9.57. The molecule has 3 heterocycles. The van der Waals surface area contributed by atoms with Crippen LogP contribution in [-0.4, -0.2) is 85.9 Å². The monoisotopic (exact) mass is 513 g/mol. The summed E-state index contributed by atoms with van der Waals surface area (Å²) in [6.07, 6.45) is -0.355. The summed E-state index contributed by atoms with van der Waals surface area (Å²) >= 11 is 2.22. The predicted molar refractivity (Wildman–Crippen MR) is 118 cm³/mol. The Balaban J connectivity index is 1.76. The maximum absolute atomic E-state index is 12.9. The summed E-state index contributed by atoms with van der Waals surface area (Å²) in [5.74, 6) is -4.43. The van der Waals surface area contributed by atoms with E-state index in [-0.39, 0.29) is 53.2 Å². The molecule has 1 fully saturated rings. The van der Waals surface area contributed by atoms with E-state index in [0.29, 0.717) is 0 Å². The number of β-lactam (4-membered cyclic amide) rings is 1. The Morgan fingerprint density at radius 1 is 1.35 bits per heavy atom. The van der Waals surface area contributed by atoms with Gasteiger partial charge in [0.05, 0.1) is 6.42 Å². The van der Waals surface area contributed by atoms with Crippen LogP contribution in [0.4, 0.5) is 5.13 Å². The number of hydrogen-bond donors (Lipinski definition) is 4. The average Bonchev–Trinajstić information content (AvgIpc) is 3.20. The number of thiazole rings is 1. The number of nitrogens with one attached hydrogen (secondary N) is 1. The molecule has 2 amide bonds. The Hall–Kier alpha value is -3.66. The lowest BCUT2D eigenvalue weighted by Crippen LogP contribution is -2.71. The van der Waals surface area contributed by atoms with Crippen LogP contribution >= 0.6 is 23.1 Å². The minimum absolute atomic E-state index is 0.0602. The third-order valence-corrected chi connectivity index (χ3v) is 6.54. The first-order chi connectivity index (χ1) is 16.1. The molecule has 2 aliphatic heterocycles. The fraction of sp³-hybridized carbons (Fsp3) is 0.389. The first-order valence-corrected chi connectivity index (χ1v) is 11.5. The maximum atomic E-state index is 12.9. The highest BCUT2D eigenvalue weighted by molar-refractivity contribution is 8.00. The largest absolute Gasteiger partial charge is 0.481 e. The smallest absolute Gasteiger partial charge is 0.352 e. The number of aliphatic carboxylic acids is 2. The highest BCUT2D eigenvalue weighted by atomic mass is 32.2. The van der Waals surface area contributed by atoms with Gasteiger partial charge in [-0.05, 0) is 0 Å². The molecular formula is C18H19N5O9S2. The van der Waals surface area contributed by atoms with E-state index in [2.05, 4.69) is 15.5 Å². The van der Waals surface area contributed by atoms with Gasteiger partial charge in [0.1, 0.15) is 36.0 Å². The van der Waals surface area contributed by atoms with E-state index in [1.807, 2.05) is 0 Å². The van der Waals surface area contributed by atoms with Crippen molar-refractivity contribution in [3.05, 3.63) is 22.3 Å². The van der Waals surface area contributed by atoms with Crippen molar-refractivity contribution < 1.29 is 43.8 Å². The van der Waals surface area contributed by atoms with Crippen LogP contribution in [0.15, 0.2) is 21.8 Å². The summed E-state index contributed by atoms with van der Waals surface area (Å²) in [5, 5.41) is 25.3. The minimum Gasteiger partial charge on any atom is -0.481 e. The molecule has 182 valence electrons. The molecule has 1 aromatic rings. The van der Waals surface area contributed by atoms with Gasteiger partial charge in [-0.15, -0.1) is 23.1 Å². The molecule has 16 heteroatoms. The highest BCUT2D eigenvalue weighted by Gasteiger charge is 2.54. The number of hydrogen-bond acceptors (Lipinski definition) is 12. The normalized spacial score (nSPS) is 19.7. The molecule has 0 aliphatic carbocycles. The van der Waals surface area contributed by atoms with Crippen molar-refractivity contribution in [2.24, 2.45) is 5.16 Å². The Morgan fingerprint density at radius 3 is 2.68 bits per heavy atom. The standard InChI is InChI=1S/C18H19N5O9S2/c1-7(24)31-4-8-5-33-16-12(15(28)23(16)13(8)17(29)30)21-14(27)11(9-6-34-18(19)20-9)22-32-3-2-10(25)26/h6,12,16H,2-5H2,1H3,(H2,19,20)(H,21,27)(H,25,26)(H,29,30)/b22-11-/t12?,16-/m0/s1. The number of esters is 1. The van der Waals surface area contributed by atoms with Crippen LogP contribution in [0.5, 0.6) is 0 Å². The summed E-state index contributed by atoms with van der Waals surface area (Å²) in [7, 11) is 0. The molecule has 0 bridgehead atoms. The van der Waals surface area contributed by atoms with Gasteiger partial charge in [0.2, 0.25) is 0 Å². The van der Waals surface area contributed by atoms with Gasteiger partial charge in [-0.25, -0.2) is 9.78 Å². The number of amides is 2. The first kappa shape index (κ1) is 25.0. The van der Waals surface area contributed by atoms with Crippen LogP contribution in [-0.2, 0) is 33.5 Å². The van der Waals surface area contributed by atoms with Gasteiger partial charge in [-0.1, -0.05) is 5.16 Å². The zero-order valence-electron chi connectivity index (χ0n) is 17.5. The van der Waals surface area contributed by atoms with Crippen LogP contribution in [0.1, 0.15) is 19.0 Å². The molecule has 1 aromatic heterocycles. The van der Waals surface area contributed by atoms with Crippen molar-refractivity contribution in [3.63, 3.8) is 0 Å². The molecule has 5 N–H and O–H groups in total. The van der Waals surface area contributed by atoms with Gasteiger partial charge in [0.15, 0.2) is 10.8 Å². The third-order valence-electron chi connectivity index (χ3n) is 4.53. The molecule has 1 unspecified atom stereocenters. The number of fused-ring (bicyclic) bond motifs is 1. The van der Waals surface area contributed by atoms with Gasteiger partial charge in [-0.3, -0.25) is 24.1 Å². The Bertz CT molecular complexity index is 1100. The molecule has 1 saturated heterocycles. The number of nitrogens with zero attached hydrogens (tertiary/aromatic N) is 3. The molecule has 0 saturated carbocycles.